The van der Waals surface area contributed by atoms with E-state index < -0.39 is 5.82 Å². The van der Waals surface area contributed by atoms with Crippen LogP contribution in [0.2, 0.25) is 0 Å². The van der Waals surface area contributed by atoms with Crippen molar-refractivity contribution in [1.29, 1.82) is 0 Å². The third-order valence-electron chi connectivity index (χ3n) is 3.65. The van der Waals surface area contributed by atoms with Crippen LogP contribution in [0.5, 0.6) is 5.75 Å². The molecule has 1 saturated heterocycles. The topological polar surface area (TPSA) is 49.8 Å². The zero-order valence-corrected chi connectivity index (χ0v) is 13.3. The number of carbonyl (C=O) groups excluding carboxylic acids is 1. The van der Waals surface area contributed by atoms with E-state index in [0.29, 0.717) is 29.9 Å². The molecule has 0 aromatic heterocycles. The van der Waals surface area contributed by atoms with Crippen molar-refractivity contribution >= 4 is 21.8 Å². The number of piperidine rings is 1. The lowest BCUT2D eigenvalue weighted by Gasteiger charge is -2.32. The molecule has 116 valence electrons. The molecular weight excluding hydrogens is 341 g/mol. The van der Waals surface area contributed by atoms with Crippen LogP contribution in [-0.4, -0.2) is 42.2 Å². The Hall–Kier alpha value is -1.14. The number of halogens is 2. The molecule has 21 heavy (non-hydrogen) atoms. The molecular formula is C15H19BrFNO3. The highest BCUT2D eigenvalue weighted by molar-refractivity contribution is 9.10. The summed E-state index contributed by atoms with van der Waals surface area (Å²) < 4.78 is 19.5. The van der Waals surface area contributed by atoms with E-state index >= 15 is 0 Å². The Bertz CT molecular complexity index is 496. The lowest BCUT2D eigenvalue weighted by Crippen LogP contribution is -2.42. The number of benzene rings is 1. The molecule has 0 aliphatic carbocycles. The fourth-order valence-corrected chi connectivity index (χ4v) is 2.87. The van der Waals surface area contributed by atoms with Gasteiger partial charge in [0.05, 0.1) is 0 Å². The zero-order chi connectivity index (χ0) is 15.2. The minimum atomic E-state index is -0.492. The molecule has 2 rings (SSSR count). The van der Waals surface area contributed by atoms with Gasteiger partial charge in [0, 0.05) is 24.2 Å². The van der Waals surface area contributed by atoms with Crippen molar-refractivity contribution in [1.82, 2.24) is 4.90 Å². The quantitative estimate of drug-likeness (QED) is 0.878. The van der Waals surface area contributed by atoms with E-state index in [9.17, 15) is 9.18 Å². The lowest BCUT2D eigenvalue weighted by atomic mass is 9.95. The van der Waals surface area contributed by atoms with Crippen LogP contribution in [0, 0.1) is 11.7 Å². The molecule has 0 spiro atoms. The summed E-state index contributed by atoms with van der Waals surface area (Å²) in [6, 6.07) is 4.47. The highest BCUT2D eigenvalue weighted by atomic mass is 79.9. The van der Waals surface area contributed by atoms with Crippen LogP contribution in [0.1, 0.15) is 19.3 Å². The van der Waals surface area contributed by atoms with Crippen LogP contribution in [-0.2, 0) is 4.79 Å². The highest BCUT2D eigenvalue weighted by Gasteiger charge is 2.23. The number of nitrogens with zero attached hydrogens (tertiary/aromatic N) is 1. The minimum Gasteiger partial charge on any atom is -0.481 e. The molecule has 1 unspecified atom stereocenters. The first-order valence-corrected chi connectivity index (χ1v) is 7.86. The Morgan fingerprint density at radius 2 is 2.33 bits per heavy atom. The molecule has 1 atom stereocenters. The van der Waals surface area contributed by atoms with Gasteiger partial charge >= 0.3 is 0 Å². The van der Waals surface area contributed by atoms with Crippen molar-refractivity contribution in [3.05, 3.63) is 28.5 Å². The largest absolute Gasteiger partial charge is 0.481 e. The second kappa shape index (κ2) is 7.75. The summed E-state index contributed by atoms with van der Waals surface area (Å²) in [5.74, 6) is -0.207. The number of aliphatic hydroxyl groups excluding tert-OH is 1. The second-order valence-electron chi connectivity index (χ2n) is 5.22. The number of aliphatic hydroxyl groups is 1. The zero-order valence-electron chi connectivity index (χ0n) is 11.7. The average Bonchev–Trinajstić information content (AvgIpc) is 2.47. The van der Waals surface area contributed by atoms with Gasteiger partial charge in [0.1, 0.15) is 0 Å². The van der Waals surface area contributed by atoms with Gasteiger partial charge in [-0.2, -0.15) is 0 Å². The van der Waals surface area contributed by atoms with Crippen molar-refractivity contribution in [2.75, 3.05) is 26.3 Å². The maximum atomic E-state index is 13.6. The van der Waals surface area contributed by atoms with Crippen molar-refractivity contribution in [2.45, 2.75) is 19.3 Å². The van der Waals surface area contributed by atoms with E-state index in [1.54, 1.807) is 11.0 Å². The van der Waals surface area contributed by atoms with E-state index in [2.05, 4.69) is 15.9 Å². The molecule has 1 heterocycles. The van der Waals surface area contributed by atoms with Gasteiger partial charge in [0.2, 0.25) is 0 Å². The van der Waals surface area contributed by atoms with E-state index in [1.165, 1.54) is 12.1 Å². The summed E-state index contributed by atoms with van der Waals surface area (Å²) in [7, 11) is 0. The molecule has 0 radical (unpaired) electrons. The van der Waals surface area contributed by atoms with Crippen LogP contribution < -0.4 is 4.74 Å². The molecule has 1 aliphatic heterocycles. The second-order valence-corrected chi connectivity index (χ2v) is 6.14. The number of rotatable bonds is 5. The summed E-state index contributed by atoms with van der Waals surface area (Å²) in [6.07, 6.45) is 2.68. The minimum absolute atomic E-state index is 0.0791. The summed E-state index contributed by atoms with van der Waals surface area (Å²) >= 11 is 3.17. The number of hydrogen-bond acceptors (Lipinski definition) is 3. The molecule has 4 nitrogen and oxygen atoms in total. The predicted octanol–water partition coefficient (Wildman–Crippen LogP) is 2.59. The van der Waals surface area contributed by atoms with Crippen molar-refractivity contribution in [3.63, 3.8) is 0 Å². The van der Waals surface area contributed by atoms with Crippen LogP contribution in [0.15, 0.2) is 22.7 Å². The summed E-state index contributed by atoms with van der Waals surface area (Å²) in [6.45, 7) is 1.33. The number of likely N-dealkylation sites (tertiary alicyclic amines) is 1. The molecule has 0 saturated carbocycles. The monoisotopic (exact) mass is 359 g/mol. The standard InChI is InChI=1S/C15H19BrFNO3/c16-12-3-4-14(13(17)8-12)21-10-15(20)18-6-1-2-11(9-18)5-7-19/h3-4,8,11,19H,1-2,5-7,9-10H2. The van der Waals surface area contributed by atoms with Crippen LogP contribution in [0.4, 0.5) is 4.39 Å². The van der Waals surface area contributed by atoms with E-state index in [0.717, 1.165) is 12.8 Å². The van der Waals surface area contributed by atoms with Crippen LogP contribution in [0.3, 0.4) is 0 Å². The molecule has 1 fully saturated rings. The molecule has 1 amide bonds. The number of amides is 1. The van der Waals surface area contributed by atoms with Gasteiger partial charge in [0.15, 0.2) is 18.2 Å². The van der Waals surface area contributed by atoms with Crippen LogP contribution in [0.25, 0.3) is 0 Å². The van der Waals surface area contributed by atoms with E-state index in [1.807, 2.05) is 0 Å². The smallest absolute Gasteiger partial charge is 0.260 e. The number of carbonyl (C=O) groups is 1. The molecule has 1 aliphatic rings. The normalized spacial score (nSPS) is 18.6. The Kier molecular flexibility index (Phi) is 5.99. The lowest BCUT2D eigenvalue weighted by molar-refractivity contribution is -0.135. The maximum Gasteiger partial charge on any atom is 0.260 e. The Balaban J connectivity index is 1.86. The number of hydrogen-bond donors (Lipinski definition) is 1. The average molecular weight is 360 g/mol. The van der Waals surface area contributed by atoms with Crippen molar-refractivity contribution in [3.8, 4) is 5.75 Å². The van der Waals surface area contributed by atoms with Gasteiger partial charge in [-0.15, -0.1) is 0 Å². The molecule has 1 aromatic rings. The van der Waals surface area contributed by atoms with Gasteiger partial charge in [-0.1, -0.05) is 15.9 Å². The third-order valence-corrected chi connectivity index (χ3v) is 4.15. The first-order chi connectivity index (χ1) is 10.1. The summed E-state index contributed by atoms with van der Waals surface area (Å²) in [4.78, 5) is 13.8. The fourth-order valence-electron chi connectivity index (χ4n) is 2.53. The van der Waals surface area contributed by atoms with Gasteiger partial charge < -0.3 is 14.7 Å². The van der Waals surface area contributed by atoms with E-state index in [4.69, 9.17) is 9.84 Å². The third kappa shape index (κ3) is 4.68. The molecule has 0 bridgehead atoms. The predicted molar refractivity (Wildman–Crippen MR) is 80.6 cm³/mol. The molecule has 1 aromatic carbocycles. The van der Waals surface area contributed by atoms with Crippen molar-refractivity contribution < 1.29 is 19.0 Å². The molecule has 6 heteroatoms. The first kappa shape index (κ1) is 16.2. The first-order valence-electron chi connectivity index (χ1n) is 7.06. The van der Waals surface area contributed by atoms with Crippen molar-refractivity contribution in [2.24, 2.45) is 5.92 Å². The highest BCUT2D eigenvalue weighted by Crippen LogP contribution is 2.22. The maximum absolute atomic E-state index is 13.6. The van der Waals surface area contributed by atoms with Gasteiger partial charge in [-0.05, 0) is 43.4 Å². The summed E-state index contributed by atoms with van der Waals surface area (Å²) in [5, 5.41) is 8.97. The van der Waals surface area contributed by atoms with Gasteiger partial charge in [0.25, 0.3) is 5.91 Å². The molecule has 1 N–H and O–H groups in total. The fraction of sp³-hybridized carbons (Fsp3) is 0.533. The summed E-state index contributed by atoms with van der Waals surface area (Å²) in [5.41, 5.74) is 0. The SMILES string of the molecule is O=C(COc1ccc(Br)cc1F)N1CCCC(CCO)C1. The van der Waals surface area contributed by atoms with Crippen LogP contribution >= 0.6 is 15.9 Å². The Morgan fingerprint density at radius 3 is 3.05 bits per heavy atom. The van der Waals surface area contributed by atoms with Gasteiger partial charge in [-0.25, -0.2) is 4.39 Å². The van der Waals surface area contributed by atoms with E-state index in [-0.39, 0.29) is 24.9 Å². The number of ether oxygens (including phenoxy) is 1. The Labute approximate surface area is 132 Å². The Morgan fingerprint density at radius 1 is 1.52 bits per heavy atom. The van der Waals surface area contributed by atoms with Gasteiger partial charge in [-0.3, -0.25) is 4.79 Å².